The summed E-state index contributed by atoms with van der Waals surface area (Å²) >= 11 is 0. The van der Waals surface area contributed by atoms with Crippen LogP contribution in [0.25, 0.3) is 0 Å². The molecule has 0 aliphatic heterocycles. The van der Waals surface area contributed by atoms with Crippen molar-refractivity contribution in [2.75, 3.05) is 18.4 Å². The third-order valence-corrected chi connectivity index (χ3v) is 2.77. The SMILES string of the molecule is CCNc1cncc(C(=O)NCCc2ccccc2)n1. The quantitative estimate of drug-likeness (QED) is 0.841. The molecule has 0 bridgehead atoms. The fraction of sp³-hybridized carbons (Fsp3) is 0.267. The predicted molar refractivity (Wildman–Crippen MR) is 78.7 cm³/mol. The number of carbonyl (C=O) groups is 1. The maximum Gasteiger partial charge on any atom is 0.271 e. The molecule has 20 heavy (non-hydrogen) atoms. The second-order valence-corrected chi connectivity index (χ2v) is 4.31. The van der Waals surface area contributed by atoms with E-state index in [2.05, 4.69) is 20.6 Å². The van der Waals surface area contributed by atoms with Crippen LogP contribution in [0.2, 0.25) is 0 Å². The van der Waals surface area contributed by atoms with Crippen molar-refractivity contribution in [3.05, 3.63) is 54.0 Å². The lowest BCUT2D eigenvalue weighted by Crippen LogP contribution is -2.26. The molecule has 5 nitrogen and oxygen atoms in total. The van der Waals surface area contributed by atoms with Crippen molar-refractivity contribution in [2.45, 2.75) is 13.3 Å². The first-order valence-electron chi connectivity index (χ1n) is 6.67. The summed E-state index contributed by atoms with van der Waals surface area (Å²) in [6, 6.07) is 10.0. The minimum Gasteiger partial charge on any atom is -0.369 e. The highest BCUT2D eigenvalue weighted by molar-refractivity contribution is 5.92. The first-order valence-corrected chi connectivity index (χ1v) is 6.67. The average Bonchev–Trinajstić information content (AvgIpc) is 2.49. The largest absolute Gasteiger partial charge is 0.369 e. The molecule has 0 saturated carbocycles. The molecule has 0 unspecified atom stereocenters. The highest BCUT2D eigenvalue weighted by Crippen LogP contribution is 2.02. The average molecular weight is 270 g/mol. The molecule has 2 rings (SSSR count). The van der Waals surface area contributed by atoms with Crippen LogP contribution in [0.4, 0.5) is 5.82 Å². The molecular weight excluding hydrogens is 252 g/mol. The van der Waals surface area contributed by atoms with E-state index in [1.807, 2.05) is 37.3 Å². The van der Waals surface area contributed by atoms with Crippen LogP contribution in [0.1, 0.15) is 23.0 Å². The summed E-state index contributed by atoms with van der Waals surface area (Å²) in [4.78, 5) is 20.2. The van der Waals surface area contributed by atoms with Crippen molar-refractivity contribution in [1.82, 2.24) is 15.3 Å². The van der Waals surface area contributed by atoms with Gasteiger partial charge >= 0.3 is 0 Å². The lowest BCUT2D eigenvalue weighted by Gasteiger charge is -2.06. The van der Waals surface area contributed by atoms with Crippen molar-refractivity contribution >= 4 is 11.7 Å². The number of nitrogens with zero attached hydrogens (tertiary/aromatic N) is 2. The van der Waals surface area contributed by atoms with E-state index in [1.54, 1.807) is 6.20 Å². The van der Waals surface area contributed by atoms with Crippen LogP contribution in [0, 0.1) is 0 Å². The molecule has 0 aliphatic rings. The Morgan fingerprint density at radius 3 is 2.75 bits per heavy atom. The summed E-state index contributed by atoms with van der Waals surface area (Å²) in [6.07, 6.45) is 3.87. The van der Waals surface area contributed by atoms with Gasteiger partial charge in [-0.05, 0) is 18.9 Å². The van der Waals surface area contributed by atoms with E-state index in [0.717, 1.165) is 13.0 Å². The van der Waals surface area contributed by atoms with Gasteiger partial charge in [0.05, 0.1) is 12.4 Å². The van der Waals surface area contributed by atoms with Crippen LogP contribution in [0.5, 0.6) is 0 Å². The summed E-state index contributed by atoms with van der Waals surface area (Å²) in [6.45, 7) is 3.29. The molecule has 5 heteroatoms. The molecule has 0 spiro atoms. The maximum atomic E-state index is 11.9. The normalized spacial score (nSPS) is 10.1. The zero-order valence-corrected chi connectivity index (χ0v) is 11.5. The third-order valence-electron chi connectivity index (χ3n) is 2.77. The third kappa shape index (κ3) is 4.05. The fourth-order valence-electron chi connectivity index (χ4n) is 1.80. The van der Waals surface area contributed by atoms with Crippen LogP contribution < -0.4 is 10.6 Å². The van der Waals surface area contributed by atoms with Gasteiger partial charge in [-0.2, -0.15) is 0 Å². The number of hydrogen-bond donors (Lipinski definition) is 2. The van der Waals surface area contributed by atoms with E-state index in [1.165, 1.54) is 11.8 Å². The number of aromatic nitrogens is 2. The Balaban J connectivity index is 1.87. The van der Waals surface area contributed by atoms with Gasteiger partial charge < -0.3 is 10.6 Å². The van der Waals surface area contributed by atoms with Crippen LogP contribution in [-0.4, -0.2) is 29.0 Å². The van der Waals surface area contributed by atoms with Gasteiger partial charge in [0.15, 0.2) is 0 Å². The van der Waals surface area contributed by atoms with E-state index >= 15 is 0 Å². The standard InChI is InChI=1S/C15H18N4O/c1-2-17-14-11-16-10-13(19-14)15(20)18-9-8-12-6-4-3-5-7-12/h3-7,10-11H,2,8-9H2,1H3,(H,17,19)(H,18,20). The van der Waals surface area contributed by atoms with E-state index in [4.69, 9.17) is 0 Å². The Morgan fingerprint density at radius 2 is 2.00 bits per heavy atom. The van der Waals surface area contributed by atoms with E-state index in [-0.39, 0.29) is 5.91 Å². The Bertz CT molecular complexity index is 557. The number of rotatable bonds is 6. The van der Waals surface area contributed by atoms with E-state index in [0.29, 0.717) is 18.1 Å². The number of nitrogens with one attached hydrogen (secondary N) is 2. The van der Waals surface area contributed by atoms with Crippen molar-refractivity contribution in [2.24, 2.45) is 0 Å². The molecule has 1 aromatic heterocycles. The second-order valence-electron chi connectivity index (χ2n) is 4.31. The summed E-state index contributed by atoms with van der Waals surface area (Å²) < 4.78 is 0. The first-order chi connectivity index (χ1) is 9.79. The Morgan fingerprint density at radius 1 is 1.20 bits per heavy atom. The minimum absolute atomic E-state index is 0.201. The van der Waals surface area contributed by atoms with Gasteiger partial charge in [0.25, 0.3) is 5.91 Å². The molecule has 0 saturated heterocycles. The molecule has 104 valence electrons. The van der Waals surface area contributed by atoms with Crippen LogP contribution in [0.3, 0.4) is 0 Å². The number of hydrogen-bond acceptors (Lipinski definition) is 4. The fourth-order valence-corrected chi connectivity index (χ4v) is 1.80. The monoisotopic (exact) mass is 270 g/mol. The summed E-state index contributed by atoms with van der Waals surface area (Å²) in [5, 5.41) is 5.88. The zero-order valence-electron chi connectivity index (χ0n) is 11.5. The van der Waals surface area contributed by atoms with Gasteiger partial charge in [0, 0.05) is 13.1 Å². The van der Waals surface area contributed by atoms with Gasteiger partial charge in [-0.25, -0.2) is 4.98 Å². The lowest BCUT2D eigenvalue weighted by molar-refractivity contribution is 0.0949. The van der Waals surface area contributed by atoms with Gasteiger partial charge in [-0.3, -0.25) is 9.78 Å². The van der Waals surface area contributed by atoms with Crippen molar-refractivity contribution in [1.29, 1.82) is 0 Å². The minimum atomic E-state index is -0.201. The van der Waals surface area contributed by atoms with Gasteiger partial charge in [0.2, 0.25) is 0 Å². The Labute approximate surface area is 118 Å². The second kappa shape index (κ2) is 7.23. The number of amides is 1. The Hall–Kier alpha value is -2.43. The van der Waals surface area contributed by atoms with Crippen LogP contribution in [0.15, 0.2) is 42.7 Å². The number of anilines is 1. The highest BCUT2D eigenvalue weighted by atomic mass is 16.1. The summed E-state index contributed by atoms with van der Waals surface area (Å²) in [5.74, 6) is 0.413. The smallest absolute Gasteiger partial charge is 0.271 e. The summed E-state index contributed by atoms with van der Waals surface area (Å²) in [5.41, 5.74) is 1.52. The predicted octanol–water partition coefficient (Wildman–Crippen LogP) is 1.88. The first kappa shape index (κ1) is 14.0. The number of benzene rings is 1. The Kier molecular flexibility index (Phi) is 5.06. The zero-order chi connectivity index (χ0) is 14.2. The van der Waals surface area contributed by atoms with Gasteiger partial charge in [-0.1, -0.05) is 30.3 Å². The highest BCUT2D eigenvalue weighted by Gasteiger charge is 2.07. The van der Waals surface area contributed by atoms with Crippen molar-refractivity contribution in [3.63, 3.8) is 0 Å². The molecule has 0 aliphatic carbocycles. The van der Waals surface area contributed by atoms with E-state index in [9.17, 15) is 4.79 Å². The van der Waals surface area contributed by atoms with Crippen molar-refractivity contribution in [3.8, 4) is 0 Å². The molecule has 0 fully saturated rings. The van der Waals surface area contributed by atoms with Crippen LogP contribution >= 0.6 is 0 Å². The van der Waals surface area contributed by atoms with Gasteiger partial charge in [0.1, 0.15) is 11.5 Å². The molecule has 1 aromatic carbocycles. The van der Waals surface area contributed by atoms with Crippen molar-refractivity contribution < 1.29 is 4.79 Å². The molecule has 1 amide bonds. The molecule has 2 N–H and O–H groups in total. The number of carbonyl (C=O) groups excluding carboxylic acids is 1. The maximum absolute atomic E-state index is 11.9. The summed E-state index contributed by atoms with van der Waals surface area (Å²) in [7, 11) is 0. The molecular formula is C15H18N4O. The molecule has 1 heterocycles. The van der Waals surface area contributed by atoms with Gasteiger partial charge in [-0.15, -0.1) is 0 Å². The molecule has 2 aromatic rings. The topological polar surface area (TPSA) is 66.9 Å². The molecule has 0 atom stereocenters. The molecule has 0 radical (unpaired) electrons. The van der Waals surface area contributed by atoms with Crippen LogP contribution in [-0.2, 0) is 6.42 Å². The lowest BCUT2D eigenvalue weighted by atomic mass is 10.1. The van der Waals surface area contributed by atoms with E-state index < -0.39 is 0 Å².